The molecular weight excluding hydrogens is 527 g/mol. The Labute approximate surface area is 213 Å². The van der Waals surface area contributed by atoms with Gasteiger partial charge in [-0.15, -0.1) is 9.67 Å². The molecule has 0 spiro atoms. The maximum atomic E-state index is 15.5. The Morgan fingerprint density at radius 2 is 2.08 bits per heavy atom. The summed E-state index contributed by atoms with van der Waals surface area (Å²) in [4.78, 5) is 24.4. The van der Waals surface area contributed by atoms with Crippen molar-refractivity contribution in [2.45, 2.75) is 18.9 Å². The van der Waals surface area contributed by atoms with Crippen molar-refractivity contribution in [1.82, 2.24) is 30.3 Å². The highest BCUT2D eigenvalue weighted by Crippen LogP contribution is 2.30. The molecule has 1 N–H and O–H groups in total. The first-order chi connectivity index (χ1) is 17.6. The van der Waals surface area contributed by atoms with Crippen molar-refractivity contribution >= 4 is 49.7 Å². The number of carbonyl (C=O) groups excluding carboxylic acids is 1. The second kappa shape index (κ2) is 9.32. The molecule has 0 bridgehead atoms. The van der Waals surface area contributed by atoms with Gasteiger partial charge < -0.3 is 5.32 Å². The number of anilines is 1. The smallest absolute Gasteiger partial charge is 0.313 e. The minimum atomic E-state index is -0.729. The average Bonchev–Trinajstić information content (AvgIpc) is 3.34. The number of piperidine rings is 1. The Hall–Kier alpha value is -3.83. The highest BCUT2D eigenvalue weighted by molar-refractivity contribution is 9.10. The third-order valence-electron chi connectivity index (χ3n) is 6.33. The average molecular weight is 548 g/mol. The molecule has 0 radical (unpaired) electrons. The van der Waals surface area contributed by atoms with Crippen molar-refractivity contribution in [2.75, 3.05) is 18.0 Å². The number of amides is 1. The van der Waals surface area contributed by atoms with Crippen LogP contribution in [-0.2, 0) is 0 Å². The molecule has 1 amide bonds. The zero-order valence-electron chi connectivity index (χ0n) is 19.1. The Morgan fingerprint density at radius 3 is 2.92 bits per heavy atom. The number of hydrogen-bond acceptors (Lipinski definition) is 6. The molecule has 11 heteroatoms. The van der Waals surface area contributed by atoms with E-state index in [4.69, 9.17) is 0 Å². The maximum Gasteiger partial charge on any atom is 0.506 e. The molecule has 1 fully saturated rings. The van der Waals surface area contributed by atoms with Gasteiger partial charge in [-0.05, 0) is 55.1 Å². The largest absolute Gasteiger partial charge is 0.506 e. The molecule has 1 atom stereocenters. The van der Waals surface area contributed by atoms with Crippen LogP contribution >= 0.6 is 15.9 Å². The van der Waals surface area contributed by atoms with Crippen LogP contribution in [-0.4, -0.2) is 50.1 Å². The summed E-state index contributed by atoms with van der Waals surface area (Å²) in [5, 5.41) is 13.3. The lowest BCUT2D eigenvalue weighted by Gasteiger charge is -2.28. The molecule has 1 aliphatic heterocycles. The van der Waals surface area contributed by atoms with Crippen molar-refractivity contribution in [1.29, 1.82) is 0 Å². The standard InChI is InChI=1S/C25H21BrFN8O/c26-17-6-5-16-7-11-30-23(20(16)13-17)34(19-3-1-9-28-15-19)25(36)33-12-8-18(14-22(33)27)35-24-21(31-32-35)4-2-10-29-24/h2,4-8,10-14,19,28H,1,3,9,15H2/q+1/t19-/m1/s1. The van der Waals surface area contributed by atoms with Gasteiger partial charge in [0, 0.05) is 35.5 Å². The fourth-order valence-corrected chi connectivity index (χ4v) is 4.96. The molecule has 9 nitrogen and oxygen atoms in total. The van der Waals surface area contributed by atoms with Gasteiger partial charge in [0.15, 0.2) is 5.65 Å². The van der Waals surface area contributed by atoms with Crippen molar-refractivity contribution in [3.05, 3.63) is 77.5 Å². The van der Waals surface area contributed by atoms with Crippen molar-refractivity contribution in [2.24, 2.45) is 0 Å². The molecule has 180 valence electrons. The third kappa shape index (κ3) is 3.99. The quantitative estimate of drug-likeness (QED) is 0.273. The van der Waals surface area contributed by atoms with E-state index in [1.54, 1.807) is 35.5 Å². The normalized spacial score (nSPS) is 15.9. The number of rotatable bonds is 3. The summed E-state index contributed by atoms with van der Waals surface area (Å²) < 4.78 is 18.8. The van der Waals surface area contributed by atoms with Crippen LogP contribution in [0.1, 0.15) is 12.8 Å². The van der Waals surface area contributed by atoms with Gasteiger partial charge >= 0.3 is 6.03 Å². The second-order valence-corrected chi connectivity index (χ2v) is 9.49. The zero-order valence-corrected chi connectivity index (χ0v) is 20.6. The number of fused-ring (bicyclic) bond motifs is 2. The van der Waals surface area contributed by atoms with E-state index in [0.717, 1.165) is 39.2 Å². The van der Waals surface area contributed by atoms with E-state index in [-0.39, 0.29) is 6.04 Å². The molecule has 0 aliphatic carbocycles. The minimum absolute atomic E-state index is 0.182. The van der Waals surface area contributed by atoms with E-state index >= 15 is 4.39 Å². The summed E-state index contributed by atoms with van der Waals surface area (Å²) in [6.07, 6.45) is 6.39. The molecule has 1 aromatic carbocycles. The molecular formula is C25H21BrFN8O+. The molecule has 0 saturated carbocycles. The molecule has 0 unspecified atom stereocenters. The molecule has 1 saturated heterocycles. The third-order valence-corrected chi connectivity index (χ3v) is 6.82. The Bertz CT molecular complexity index is 1600. The van der Waals surface area contributed by atoms with Crippen LogP contribution in [0.3, 0.4) is 0 Å². The van der Waals surface area contributed by atoms with Gasteiger partial charge in [0.2, 0.25) is 5.82 Å². The van der Waals surface area contributed by atoms with Gasteiger partial charge in [-0.3, -0.25) is 0 Å². The Kier molecular flexibility index (Phi) is 5.86. The fourth-order valence-electron chi connectivity index (χ4n) is 4.59. The fraction of sp³-hybridized carbons (Fsp3) is 0.200. The number of pyridine rings is 3. The number of benzene rings is 1. The van der Waals surface area contributed by atoms with Crippen molar-refractivity contribution in [3.63, 3.8) is 0 Å². The van der Waals surface area contributed by atoms with Gasteiger partial charge in [-0.25, -0.2) is 9.97 Å². The van der Waals surface area contributed by atoms with E-state index in [1.165, 1.54) is 16.9 Å². The number of halogens is 2. The monoisotopic (exact) mass is 547 g/mol. The number of carbonyl (C=O) groups is 1. The van der Waals surface area contributed by atoms with E-state index in [2.05, 4.69) is 41.5 Å². The number of nitrogens with one attached hydrogen (secondary N) is 1. The van der Waals surface area contributed by atoms with Crippen LogP contribution in [0.15, 0.2) is 71.6 Å². The van der Waals surface area contributed by atoms with E-state index in [1.807, 2.05) is 24.3 Å². The molecule has 5 heterocycles. The van der Waals surface area contributed by atoms with E-state index in [9.17, 15) is 4.79 Å². The summed E-state index contributed by atoms with van der Waals surface area (Å²) in [5.41, 5.74) is 1.51. The molecule has 6 rings (SSSR count). The summed E-state index contributed by atoms with van der Waals surface area (Å²) in [6.45, 7) is 1.47. The Morgan fingerprint density at radius 1 is 1.17 bits per heavy atom. The summed E-state index contributed by atoms with van der Waals surface area (Å²) in [5.74, 6) is -0.234. The first kappa shape index (κ1) is 22.6. The highest BCUT2D eigenvalue weighted by atomic mass is 79.9. The molecule has 1 aliphatic rings. The van der Waals surface area contributed by atoms with Crippen LogP contribution in [0.2, 0.25) is 0 Å². The second-order valence-electron chi connectivity index (χ2n) is 8.58. The van der Waals surface area contributed by atoms with Crippen LogP contribution in [0.4, 0.5) is 15.0 Å². The van der Waals surface area contributed by atoms with Gasteiger partial charge in [-0.2, -0.15) is 18.8 Å². The highest BCUT2D eigenvalue weighted by Gasteiger charge is 2.39. The summed E-state index contributed by atoms with van der Waals surface area (Å²) in [7, 11) is 0. The summed E-state index contributed by atoms with van der Waals surface area (Å²) >= 11 is 3.52. The zero-order chi connectivity index (χ0) is 24.6. The molecule has 36 heavy (non-hydrogen) atoms. The number of hydrogen-bond donors (Lipinski definition) is 1. The van der Waals surface area contributed by atoms with Crippen molar-refractivity contribution in [3.8, 4) is 5.69 Å². The number of aromatic nitrogens is 6. The molecule has 4 aromatic heterocycles. The predicted molar refractivity (Wildman–Crippen MR) is 135 cm³/mol. The molecule has 5 aromatic rings. The topological polar surface area (TPSA) is 92.7 Å². The van der Waals surface area contributed by atoms with Crippen molar-refractivity contribution < 1.29 is 13.8 Å². The lowest BCUT2D eigenvalue weighted by Crippen LogP contribution is -2.60. The number of nitrogens with zero attached hydrogens (tertiary/aromatic N) is 7. The van der Waals surface area contributed by atoms with Gasteiger partial charge in [0.1, 0.15) is 17.8 Å². The van der Waals surface area contributed by atoms with Crippen LogP contribution in [0.5, 0.6) is 0 Å². The van der Waals surface area contributed by atoms with Crippen LogP contribution in [0.25, 0.3) is 27.6 Å². The Balaban J connectivity index is 1.44. The van der Waals surface area contributed by atoms with E-state index < -0.39 is 12.0 Å². The van der Waals surface area contributed by atoms with Crippen LogP contribution in [0, 0.1) is 5.95 Å². The minimum Gasteiger partial charge on any atom is -0.313 e. The van der Waals surface area contributed by atoms with Gasteiger partial charge in [0.05, 0.1) is 11.1 Å². The van der Waals surface area contributed by atoms with Gasteiger partial charge in [0.25, 0.3) is 5.95 Å². The van der Waals surface area contributed by atoms with Gasteiger partial charge in [-0.1, -0.05) is 27.2 Å². The van der Waals surface area contributed by atoms with E-state index in [0.29, 0.717) is 29.2 Å². The first-order valence-electron chi connectivity index (χ1n) is 11.6. The maximum absolute atomic E-state index is 15.5. The lowest BCUT2D eigenvalue weighted by atomic mass is 10.0. The first-order valence-corrected chi connectivity index (χ1v) is 12.4. The lowest BCUT2D eigenvalue weighted by molar-refractivity contribution is -0.602. The summed E-state index contributed by atoms with van der Waals surface area (Å²) in [6, 6.07) is 13.4. The SMILES string of the molecule is O=C(N(c1nccc2ccc(Br)cc12)[C@@H]1CCCNC1)[n+]1ccc(-n2nnc3cccnc32)cc1F. The predicted octanol–water partition coefficient (Wildman–Crippen LogP) is 3.78. The van der Waals surface area contributed by atoms with Crippen LogP contribution < -0.4 is 14.8 Å².